The molecule has 5 nitrogen and oxygen atoms in total. The highest BCUT2D eigenvalue weighted by molar-refractivity contribution is 5.81. The number of methoxy groups -OCH3 is 1. The first-order valence-corrected chi connectivity index (χ1v) is 6.87. The number of hydrogen-bond acceptors (Lipinski definition) is 4. The van der Waals surface area contributed by atoms with Crippen LogP contribution in [-0.2, 0) is 9.53 Å². The van der Waals surface area contributed by atoms with Crippen LogP contribution in [0.3, 0.4) is 0 Å². The Bertz CT molecular complexity index is 259. The molecule has 0 radical (unpaired) electrons. The maximum absolute atomic E-state index is 11.9. The second kappa shape index (κ2) is 7.71. The van der Waals surface area contributed by atoms with Crippen molar-refractivity contribution in [2.75, 3.05) is 39.9 Å². The number of carbonyl (C=O) groups excluding carboxylic acids is 1. The molecule has 5 heteroatoms. The van der Waals surface area contributed by atoms with Gasteiger partial charge in [0.1, 0.15) is 0 Å². The molecule has 1 saturated heterocycles. The largest absolute Gasteiger partial charge is 0.383 e. The van der Waals surface area contributed by atoms with E-state index in [0.29, 0.717) is 6.04 Å². The van der Waals surface area contributed by atoms with Crippen LogP contribution >= 0.6 is 0 Å². The summed E-state index contributed by atoms with van der Waals surface area (Å²) in [6.07, 6.45) is 2.25. The molecule has 0 aromatic heterocycles. The fourth-order valence-electron chi connectivity index (χ4n) is 2.49. The number of amides is 1. The van der Waals surface area contributed by atoms with E-state index in [1.807, 2.05) is 4.90 Å². The molecule has 0 bridgehead atoms. The van der Waals surface area contributed by atoms with E-state index in [-0.39, 0.29) is 5.91 Å². The lowest BCUT2D eigenvalue weighted by Gasteiger charge is -2.42. The predicted octanol–water partition coefficient (Wildman–Crippen LogP) is 0.293. The van der Waals surface area contributed by atoms with Crippen LogP contribution in [0.15, 0.2) is 0 Å². The van der Waals surface area contributed by atoms with E-state index in [4.69, 9.17) is 10.5 Å². The first-order chi connectivity index (χ1) is 8.60. The number of carbonyl (C=O) groups is 1. The van der Waals surface area contributed by atoms with Gasteiger partial charge in [-0.25, -0.2) is 0 Å². The van der Waals surface area contributed by atoms with E-state index in [1.165, 1.54) is 0 Å². The quantitative estimate of drug-likeness (QED) is 0.743. The van der Waals surface area contributed by atoms with Gasteiger partial charge in [0.2, 0.25) is 5.91 Å². The minimum Gasteiger partial charge on any atom is -0.383 e. The first kappa shape index (κ1) is 15.4. The molecular formula is C13H27N3O2. The second-order valence-electron chi connectivity index (χ2n) is 5.04. The summed E-state index contributed by atoms with van der Waals surface area (Å²) in [7, 11) is 1.73. The molecule has 0 saturated carbocycles. The van der Waals surface area contributed by atoms with Crippen molar-refractivity contribution in [3.8, 4) is 0 Å². The topological polar surface area (TPSA) is 58.8 Å². The summed E-state index contributed by atoms with van der Waals surface area (Å²) in [5.74, 6) is 0.0718. The summed E-state index contributed by atoms with van der Waals surface area (Å²) in [6.45, 7) is 8.15. The molecule has 1 heterocycles. The van der Waals surface area contributed by atoms with Crippen molar-refractivity contribution in [2.24, 2.45) is 5.73 Å². The average Bonchev–Trinajstić information content (AvgIpc) is 2.36. The van der Waals surface area contributed by atoms with E-state index in [2.05, 4.69) is 11.8 Å². The van der Waals surface area contributed by atoms with Crippen LogP contribution < -0.4 is 5.73 Å². The van der Waals surface area contributed by atoms with Crippen molar-refractivity contribution in [2.45, 2.75) is 38.8 Å². The lowest BCUT2D eigenvalue weighted by molar-refractivity contribution is -0.135. The maximum atomic E-state index is 11.9. The van der Waals surface area contributed by atoms with Crippen molar-refractivity contribution in [1.82, 2.24) is 9.80 Å². The Kier molecular flexibility index (Phi) is 6.60. The van der Waals surface area contributed by atoms with Gasteiger partial charge < -0.3 is 15.4 Å². The van der Waals surface area contributed by atoms with Crippen molar-refractivity contribution in [1.29, 1.82) is 0 Å². The Morgan fingerprint density at radius 3 is 2.78 bits per heavy atom. The van der Waals surface area contributed by atoms with Gasteiger partial charge in [-0.2, -0.15) is 0 Å². The summed E-state index contributed by atoms with van der Waals surface area (Å²) in [6, 6.07) is 0.0550. The Labute approximate surface area is 110 Å². The number of nitrogens with two attached hydrogens (primary N) is 1. The Morgan fingerprint density at radius 2 is 2.22 bits per heavy atom. The SMILES string of the molecule is CCC[C@@H]1CN(C(=O)[C@@H](C)N)CCN1CCOC. The highest BCUT2D eigenvalue weighted by atomic mass is 16.5. The van der Waals surface area contributed by atoms with Gasteiger partial charge in [0, 0.05) is 39.3 Å². The predicted molar refractivity (Wildman–Crippen MR) is 72.4 cm³/mol. The second-order valence-corrected chi connectivity index (χ2v) is 5.04. The number of rotatable bonds is 6. The van der Waals surface area contributed by atoms with E-state index < -0.39 is 6.04 Å². The molecular weight excluding hydrogens is 230 g/mol. The minimum absolute atomic E-state index is 0.0718. The van der Waals surface area contributed by atoms with Crippen LogP contribution in [0.2, 0.25) is 0 Å². The fourth-order valence-corrected chi connectivity index (χ4v) is 2.49. The molecule has 0 unspecified atom stereocenters. The molecule has 0 aliphatic carbocycles. The molecule has 18 heavy (non-hydrogen) atoms. The lowest BCUT2D eigenvalue weighted by atomic mass is 10.1. The van der Waals surface area contributed by atoms with Crippen molar-refractivity contribution in [3.05, 3.63) is 0 Å². The molecule has 0 aromatic carbocycles. The molecule has 0 aromatic rings. The summed E-state index contributed by atoms with van der Waals surface area (Å²) in [5.41, 5.74) is 5.68. The molecule has 1 fully saturated rings. The smallest absolute Gasteiger partial charge is 0.239 e. The fraction of sp³-hybridized carbons (Fsp3) is 0.923. The van der Waals surface area contributed by atoms with Crippen molar-refractivity contribution >= 4 is 5.91 Å². The molecule has 1 aliphatic rings. The molecule has 106 valence electrons. The monoisotopic (exact) mass is 257 g/mol. The van der Waals surface area contributed by atoms with Gasteiger partial charge in [-0.15, -0.1) is 0 Å². The Balaban J connectivity index is 2.55. The van der Waals surface area contributed by atoms with Crippen LogP contribution in [-0.4, -0.2) is 67.7 Å². The number of ether oxygens (including phenoxy) is 1. The van der Waals surface area contributed by atoms with E-state index in [0.717, 1.165) is 45.6 Å². The third-order valence-corrected chi connectivity index (χ3v) is 3.51. The van der Waals surface area contributed by atoms with Gasteiger partial charge >= 0.3 is 0 Å². The zero-order chi connectivity index (χ0) is 13.5. The van der Waals surface area contributed by atoms with Crippen LogP contribution in [0.1, 0.15) is 26.7 Å². The van der Waals surface area contributed by atoms with Crippen LogP contribution in [0, 0.1) is 0 Å². The average molecular weight is 257 g/mol. The highest BCUT2D eigenvalue weighted by Crippen LogP contribution is 2.15. The van der Waals surface area contributed by atoms with Gasteiger partial charge in [0.05, 0.1) is 12.6 Å². The van der Waals surface area contributed by atoms with Gasteiger partial charge in [0.25, 0.3) is 0 Å². The maximum Gasteiger partial charge on any atom is 0.239 e. The van der Waals surface area contributed by atoms with Gasteiger partial charge in [-0.05, 0) is 13.3 Å². The third-order valence-electron chi connectivity index (χ3n) is 3.51. The Morgan fingerprint density at radius 1 is 1.50 bits per heavy atom. The van der Waals surface area contributed by atoms with E-state index in [9.17, 15) is 4.79 Å². The summed E-state index contributed by atoms with van der Waals surface area (Å²) < 4.78 is 5.14. The van der Waals surface area contributed by atoms with Crippen LogP contribution in [0.5, 0.6) is 0 Å². The summed E-state index contributed by atoms with van der Waals surface area (Å²) >= 11 is 0. The van der Waals surface area contributed by atoms with E-state index in [1.54, 1.807) is 14.0 Å². The van der Waals surface area contributed by atoms with Crippen molar-refractivity contribution in [3.63, 3.8) is 0 Å². The first-order valence-electron chi connectivity index (χ1n) is 6.87. The van der Waals surface area contributed by atoms with Crippen LogP contribution in [0.4, 0.5) is 0 Å². The van der Waals surface area contributed by atoms with Crippen LogP contribution in [0.25, 0.3) is 0 Å². The molecule has 0 spiro atoms. The van der Waals surface area contributed by atoms with Crippen molar-refractivity contribution < 1.29 is 9.53 Å². The molecule has 1 amide bonds. The van der Waals surface area contributed by atoms with Gasteiger partial charge in [-0.3, -0.25) is 9.69 Å². The summed E-state index contributed by atoms with van der Waals surface area (Å²) in [4.78, 5) is 16.3. The zero-order valence-electron chi connectivity index (χ0n) is 11.9. The highest BCUT2D eigenvalue weighted by Gasteiger charge is 2.29. The number of nitrogens with zero attached hydrogens (tertiary/aromatic N) is 2. The molecule has 1 aliphatic heterocycles. The molecule has 2 N–H and O–H groups in total. The zero-order valence-corrected chi connectivity index (χ0v) is 11.9. The van der Waals surface area contributed by atoms with Gasteiger partial charge in [-0.1, -0.05) is 13.3 Å². The van der Waals surface area contributed by atoms with E-state index >= 15 is 0 Å². The molecule has 2 atom stereocenters. The summed E-state index contributed by atoms with van der Waals surface area (Å²) in [5, 5.41) is 0. The number of hydrogen-bond donors (Lipinski definition) is 1. The lowest BCUT2D eigenvalue weighted by Crippen LogP contribution is -2.57. The molecule has 1 rings (SSSR count). The minimum atomic E-state index is -0.391. The Hall–Kier alpha value is -0.650. The standard InChI is InChI=1S/C13H27N3O2/c1-4-5-12-10-16(13(17)11(2)14)7-6-15(12)8-9-18-3/h11-12H,4-10,14H2,1-3H3/t11-,12-/m1/s1. The normalized spacial score (nSPS) is 23.1. The van der Waals surface area contributed by atoms with Gasteiger partial charge in [0.15, 0.2) is 0 Å². The number of piperazine rings is 1. The third kappa shape index (κ3) is 4.23.